The first-order valence-electron chi connectivity index (χ1n) is 4.55. The van der Waals surface area contributed by atoms with Gasteiger partial charge >= 0.3 is 0 Å². The summed E-state index contributed by atoms with van der Waals surface area (Å²) in [6.07, 6.45) is 0. The molecular weight excluding hydrogens is 232 g/mol. The number of rotatable bonds is 4. The Kier molecular flexibility index (Phi) is 4.34. The molecule has 7 heteroatoms. The van der Waals surface area contributed by atoms with Crippen LogP contribution < -0.4 is 11.1 Å². The van der Waals surface area contributed by atoms with Gasteiger partial charge in [-0.1, -0.05) is 23.1 Å². The van der Waals surface area contributed by atoms with E-state index in [4.69, 9.17) is 5.73 Å². The second kappa shape index (κ2) is 5.32. The van der Waals surface area contributed by atoms with Crippen LogP contribution >= 0.6 is 23.1 Å². The van der Waals surface area contributed by atoms with Gasteiger partial charge in [0.2, 0.25) is 11.0 Å². The van der Waals surface area contributed by atoms with Crippen LogP contribution in [-0.4, -0.2) is 27.4 Å². The van der Waals surface area contributed by atoms with Crippen molar-refractivity contribution in [2.45, 2.75) is 36.4 Å². The highest BCUT2D eigenvalue weighted by Crippen LogP contribution is 2.27. The van der Waals surface area contributed by atoms with Crippen molar-refractivity contribution in [3.63, 3.8) is 0 Å². The first-order valence-corrected chi connectivity index (χ1v) is 6.24. The van der Waals surface area contributed by atoms with Crippen LogP contribution in [0.4, 0.5) is 5.13 Å². The Morgan fingerprint density at radius 1 is 1.47 bits per heavy atom. The molecule has 0 aliphatic carbocycles. The Bertz CT molecular complexity index is 339. The predicted molar refractivity (Wildman–Crippen MR) is 62.9 cm³/mol. The molecule has 0 aliphatic rings. The van der Waals surface area contributed by atoms with Gasteiger partial charge in [-0.2, -0.15) is 0 Å². The van der Waals surface area contributed by atoms with E-state index in [0.29, 0.717) is 5.13 Å². The summed E-state index contributed by atoms with van der Waals surface area (Å²) >= 11 is 2.66. The van der Waals surface area contributed by atoms with E-state index < -0.39 is 0 Å². The molecule has 0 saturated heterocycles. The first-order chi connectivity index (χ1) is 6.99. The number of amides is 1. The maximum Gasteiger partial charge on any atom is 0.233 e. The molecule has 0 saturated carbocycles. The number of hydrogen-bond donors (Lipinski definition) is 2. The monoisotopic (exact) mass is 246 g/mol. The molecule has 0 aromatic carbocycles. The lowest BCUT2D eigenvalue weighted by molar-refractivity contribution is -0.120. The molecule has 0 aliphatic heterocycles. The van der Waals surface area contributed by atoms with Gasteiger partial charge in [-0.25, -0.2) is 0 Å². The highest BCUT2D eigenvalue weighted by molar-refractivity contribution is 8.02. The number of hydrogen-bond acceptors (Lipinski definition) is 6. The number of nitrogens with zero attached hydrogens (tertiary/aromatic N) is 2. The number of thioether (sulfide) groups is 1. The first kappa shape index (κ1) is 12.3. The number of nitrogen functional groups attached to an aromatic ring is 1. The molecule has 84 valence electrons. The van der Waals surface area contributed by atoms with E-state index in [1.165, 1.54) is 23.1 Å². The van der Waals surface area contributed by atoms with Gasteiger partial charge in [-0.05, 0) is 20.8 Å². The fraction of sp³-hybridized carbons (Fsp3) is 0.625. The summed E-state index contributed by atoms with van der Waals surface area (Å²) in [6, 6.07) is 0.153. The third kappa shape index (κ3) is 4.05. The van der Waals surface area contributed by atoms with E-state index in [9.17, 15) is 4.79 Å². The van der Waals surface area contributed by atoms with Gasteiger partial charge in [0.05, 0.1) is 5.25 Å². The van der Waals surface area contributed by atoms with E-state index in [0.717, 1.165) is 4.34 Å². The van der Waals surface area contributed by atoms with Gasteiger partial charge in [0.15, 0.2) is 4.34 Å². The molecular formula is C8H14N4OS2. The molecule has 0 radical (unpaired) electrons. The third-order valence-corrected chi connectivity index (χ3v) is 3.44. The van der Waals surface area contributed by atoms with Gasteiger partial charge in [0.1, 0.15) is 0 Å². The number of aromatic nitrogens is 2. The highest BCUT2D eigenvalue weighted by Gasteiger charge is 2.16. The van der Waals surface area contributed by atoms with Crippen LogP contribution in [0.3, 0.4) is 0 Å². The highest BCUT2D eigenvalue weighted by atomic mass is 32.2. The SMILES string of the molecule is CC(C)NC(=O)C(C)Sc1nnc(N)s1. The van der Waals surface area contributed by atoms with Crippen LogP contribution in [0.5, 0.6) is 0 Å². The van der Waals surface area contributed by atoms with Gasteiger partial charge in [0, 0.05) is 6.04 Å². The van der Waals surface area contributed by atoms with Crippen LogP contribution in [0.1, 0.15) is 20.8 Å². The summed E-state index contributed by atoms with van der Waals surface area (Å²) in [5, 5.41) is 10.6. The number of carbonyl (C=O) groups is 1. The van der Waals surface area contributed by atoms with E-state index in [1.807, 2.05) is 20.8 Å². The number of carbonyl (C=O) groups excluding carboxylic acids is 1. The fourth-order valence-corrected chi connectivity index (χ4v) is 2.66. The minimum absolute atomic E-state index is 0.00349. The summed E-state index contributed by atoms with van der Waals surface area (Å²) in [7, 11) is 0. The second-order valence-corrected chi connectivity index (χ2v) is 5.93. The molecule has 1 rings (SSSR count). The molecule has 15 heavy (non-hydrogen) atoms. The molecule has 1 unspecified atom stereocenters. The van der Waals surface area contributed by atoms with E-state index >= 15 is 0 Å². The van der Waals surface area contributed by atoms with Crippen LogP contribution in [0.25, 0.3) is 0 Å². The minimum Gasteiger partial charge on any atom is -0.374 e. The van der Waals surface area contributed by atoms with E-state index in [2.05, 4.69) is 15.5 Å². The van der Waals surface area contributed by atoms with Gasteiger partial charge < -0.3 is 11.1 Å². The smallest absolute Gasteiger partial charge is 0.233 e. The van der Waals surface area contributed by atoms with Crippen molar-refractivity contribution in [2.75, 3.05) is 5.73 Å². The lowest BCUT2D eigenvalue weighted by Crippen LogP contribution is -2.35. The Balaban J connectivity index is 2.48. The van der Waals surface area contributed by atoms with Crippen molar-refractivity contribution in [2.24, 2.45) is 0 Å². The Labute approximate surface area is 96.8 Å². The van der Waals surface area contributed by atoms with Gasteiger partial charge in [-0.3, -0.25) is 4.79 Å². The molecule has 5 nitrogen and oxygen atoms in total. The quantitative estimate of drug-likeness (QED) is 0.778. The van der Waals surface area contributed by atoms with E-state index in [-0.39, 0.29) is 17.2 Å². The maximum absolute atomic E-state index is 11.6. The average Bonchev–Trinajstić information content (AvgIpc) is 2.50. The van der Waals surface area contributed by atoms with Crippen LogP contribution in [-0.2, 0) is 4.79 Å². The third-order valence-electron chi connectivity index (χ3n) is 1.50. The largest absolute Gasteiger partial charge is 0.374 e. The number of nitrogens with two attached hydrogens (primary N) is 1. The summed E-state index contributed by atoms with van der Waals surface area (Å²) in [4.78, 5) is 11.6. The molecule has 1 aromatic heterocycles. The molecule has 1 atom stereocenters. The van der Waals surface area contributed by atoms with Gasteiger partial charge in [0.25, 0.3) is 0 Å². The molecule has 3 N–H and O–H groups in total. The Morgan fingerprint density at radius 2 is 2.13 bits per heavy atom. The topological polar surface area (TPSA) is 80.9 Å². The average molecular weight is 246 g/mol. The second-order valence-electron chi connectivity index (χ2n) is 3.33. The molecule has 0 fully saturated rings. The lowest BCUT2D eigenvalue weighted by atomic mass is 10.3. The summed E-state index contributed by atoms with van der Waals surface area (Å²) in [5.41, 5.74) is 5.44. The summed E-state index contributed by atoms with van der Waals surface area (Å²) in [6.45, 7) is 5.69. The van der Waals surface area contributed by atoms with Crippen molar-refractivity contribution in [1.82, 2.24) is 15.5 Å². The van der Waals surface area contributed by atoms with Crippen LogP contribution in [0.2, 0.25) is 0 Å². The summed E-state index contributed by atoms with van der Waals surface area (Å²) < 4.78 is 0.721. The zero-order chi connectivity index (χ0) is 11.4. The Morgan fingerprint density at radius 3 is 2.60 bits per heavy atom. The predicted octanol–water partition coefficient (Wildman–Crippen LogP) is 1.13. The van der Waals surface area contributed by atoms with Crippen molar-refractivity contribution < 1.29 is 4.79 Å². The maximum atomic E-state index is 11.6. The number of anilines is 1. The van der Waals surface area contributed by atoms with Crippen molar-refractivity contribution in [3.8, 4) is 0 Å². The zero-order valence-electron chi connectivity index (χ0n) is 8.85. The normalized spacial score (nSPS) is 12.8. The zero-order valence-corrected chi connectivity index (χ0v) is 10.5. The fourth-order valence-electron chi connectivity index (χ4n) is 0.875. The van der Waals surface area contributed by atoms with Crippen molar-refractivity contribution >= 4 is 34.1 Å². The van der Waals surface area contributed by atoms with Crippen LogP contribution in [0, 0.1) is 0 Å². The number of nitrogens with one attached hydrogen (secondary N) is 1. The van der Waals surface area contributed by atoms with Crippen molar-refractivity contribution in [1.29, 1.82) is 0 Å². The Hall–Kier alpha value is -0.820. The molecule has 0 bridgehead atoms. The molecule has 1 aromatic rings. The molecule has 0 spiro atoms. The van der Waals surface area contributed by atoms with Crippen LogP contribution in [0.15, 0.2) is 4.34 Å². The van der Waals surface area contributed by atoms with E-state index in [1.54, 1.807) is 0 Å². The summed E-state index contributed by atoms with van der Waals surface area (Å²) in [5.74, 6) is 0.00349. The van der Waals surface area contributed by atoms with Gasteiger partial charge in [-0.15, -0.1) is 10.2 Å². The van der Waals surface area contributed by atoms with Crippen molar-refractivity contribution in [3.05, 3.63) is 0 Å². The lowest BCUT2D eigenvalue weighted by Gasteiger charge is -2.12. The standard InChI is InChI=1S/C8H14N4OS2/c1-4(2)10-6(13)5(3)14-8-12-11-7(9)15-8/h4-5H,1-3H3,(H2,9,11)(H,10,13). The molecule has 1 heterocycles. The minimum atomic E-state index is -0.181. The molecule has 1 amide bonds.